The highest BCUT2D eigenvalue weighted by molar-refractivity contribution is 5.83. The highest BCUT2D eigenvalue weighted by Crippen LogP contribution is 2.23. The standard InChI is InChI=1S/C22H28N2O4/c1-22(2,3)24(15-17-9-7-6-8-10-17)21(25)16-28-23-14-18-11-12-19(26-4)13-20(18)27-5/h6-14H,15-16H2,1-5H3/b23-14+. The molecule has 0 bridgehead atoms. The number of oxime groups is 1. The Labute approximate surface area is 166 Å². The van der Waals surface area contributed by atoms with Gasteiger partial charge in [-0.2, -0.15) is 0 Å². The quantitative estimate of drug-likeness (QED) is 0.512. The van der Waals surface area contributed by atoms with E-state index in [-0.39, 0.29) is 18.1 Å². The predicted octanol–water partition coefficient (Wildman–Crippen LogP) is 3.88. The lowest BCUT2D eigenvalue weighted by molar-refractivity contribution is -0.141. The first-order chi connectivity index (χ1) is 13.3. The van der Waals surface area contributed by atoms with Crippen LogP contribution in [0, 0.1) is 0 Å². The Morgan fingerprint density at radius 3 is 2.39 bits per heavy atom. The van der Waals surface area contributed by atoms with Crippen LogP contribution in [-0.2, 0) is 16.2 Å². The summed E-state index contributed by atoms with van der Waals surface area (Å²) in [4.78, 5) is 19.7. The Hall–Kier alpha value is -3.02. The van der Waals surface area contributed by atoms with E-state index in [1.165, 1.54) is 6.21 Å². The number of carbonyl (C=O) groups is 1. The number of benzene rings is 2. The molecular weight excluding hydrogens is 356 g/mol. The third kappa shape index (κ3) is 6.01. The summed E-state index contributed by atoms with van der Waals surface area (Å²) in [6, 6.07) is 15.3. The van der Waals surface area contributed by atoms with Crippen LogP contribution < -0.4 is 9.47 Å². The van der Waals surface area contributed by atoms with Crippen LogP contribution in [0.15, 0.2) is 53.7 Å². The summed E-state index contributed by atoms with van der Waals surface area (Å²) >= 11 is 0. The molecule has 2 rings (SSSR count). The van der Waals surface area contributed by atoms with Gasteiger partial charge < -0.3 is 19.2 Å². The number of hydrogen-bond donors (Lipinski definition) is 0. The van der Waals surface area contributed by atoms with E-state index in [9.17, 15) is 4.79 Å². The van der Waals surface area contributed by atoms with Crippen molar-refractivity contribution in [2.45, 2.75) is 32.9 Å². The first kappa shape index (κ1) is 21.3. The molecular formula is C22H28N2O4. The summed E-state index contributed by atoms with van der Waals surface area (Å²) in [6.45, 7) is 6.37. The minimum absolute atomic E-state index is 0.129. The summed E-state index contributed by atoms with van der Waals surface area (Å²) < 4.78 is 10.5. The smallest absolute Gasteiger partial charge is 0.264 e. The van der Waals surface area contributed by atoms with E-state index < -0.39 is 0 Å². The fourth-order valence-electron chi connectivity index (χ4n) is 2.65. The van der Waals surface area contributed by atoms with Gasteiger partial charge in [-0.25, -0.2) is 0 Å². The molecule has 0 radical (unpaired) electrons. The molecule has 150 valence electrons. The van der Waals surface area contributed by atoms with Crippen molar-refractivity contribution in [3.05, 3.63) is 59.7 Å². The summed E-state index contributed by atoms with van der Waals surface area (Å²) in [5.41, 5.74) is 1.46. The minimum atomic E-state index is -0.334. The highest BCUT2D eigenvalue weighted by atomic mass is 16.6. The first-order valence-electron chi connectivity index (χ1n) is 9.07. The zero-order valence-electron chi connectivity index (χ0n) is 17.1. The minimum Gasteiger partial charge on any atom is -0.497 e. The molecule has 0 aliphatic heterocycles. The maximum atomic E-state index is 12.7. The molecule has 6 heteroatoms. The van der Waals surface area contributed by atoms with Crippen LogP contribution in [0.4, 0.5) is 0 Å². The number of amides is 1. The van der Waals surface area contributed by atoms with Crippen LogP contribution in [-0.4, -0.2) is 43.4 Å². The predicted molar refractivity (Wildman–Crippen MR) is 110 cm³/mol. The largest absolute Gasteiger partial charge is 0.497 e. The number of hydrogen-bond acceptors (Lipinski definition) is 5. The van der Waals surface area contributed by atoms with Gasteiger partial charge in [0.25, 0.3) is 5.91 Å². The van der Waals surface area contributed by atoms with Gasteiger partial charge >= 0.3 is 0 Å². The second-order valence-corrected chi connectivity index (χ2v) is 7.25. The fourth-order valence-corrected chi connectivity index (χ4v) is 2.65. The van der Waals surface area contributed by atoms with Crippen molar-refractivity contribution >= 4 is 12.1 Å². The molecule has 0 N–H and O–H groups in total. The second kappa shape index (κ2) is 9.78. The molecule has 0 heterocycles. The van der Waals surface area contributed by atoms with Crippen molar-refractivity contribution in [1.29, 1.82) is 0 Å². The lowest BCUT2D eigenvalue weighted by Crippen LogP contribution is -2.46. The van der Waals surface area contributed by atoms with Crippen molar-refractivity contribution in [2.75, 3.05) is 20.8 Å². The Kier molecular flexibility index (Phi) is 7.44. The van der Waals surface area contributed by atoms with Crippen LogP contribution in [0.3, 0.4) is 0 Å². The molecule has 0 unspecified atom stereocenters. The molecule has 0 saturated carbocycles. The van der Waals surface area contributed by atoms with Gasteiger partial charge in [0.15, 0.2) is 6.61 Å². The van der Waals surface area contributed by atoms with Crippen LogP contribution in [0.1, 0.15) is 31.9 Å². The average Bonchev–Trinajstić information content (AvgIpc) is 2.69. The topological polar surface area (TPSA) is 60.4 Å². The van der Waals surface area contributed by atoms with Crippen molar-refractivity contribution < 1.29 is 19.1 Å². The fraction of sp³-hybridized carbons (Fsp3) is 0.364. The molecule has 28 heavy (non-hydrogen) atoms. The molecule has 0 saturated heterocycles. The van der Waals surface area contributed by atoms with Gasteiger partial charge in [0.1, 0.15) is 11.5 Å². The third-order valence-electron chi connectivity index (χ3n) is 4.19. The number of rotatable bonds is 8. The summed E-state index contributed by atoms with van der Waals surface area (Å²) in [6.07, 6.45) is 1.52. The van der Waals surface area contributed by atoms with E-state index in [4.69, 9.17) is 14.3 Å². The number of nitrogens with zero attached hydrogens (tertiary/aromatic N) is 2. The van der Waals surface area contributed by atoms with Crippen molar-refractivity contribution in [3.8, 4) is 11.5 Å². The normalized spacial score (nSPS) is 11.3. The Bertz CT molecular complexity index is 798. The van der Waals surface area contributed by atoms with E-state index in [0.29, 0.717) is 18.0 Å². The maximum Gasteiger partial charge on any atom is 0.264 e. The second-order valence-electron chi connectivity index (χ2n) is 7.25. The molecule has 0 aliphatic rings. The number of carbonyl (C=O) groups excluding carboxylic acids is 1. The van der Waals surface area contributed by atoms with Gasteiger partial charge in [-0.05, 0) is 38.5 Å². The molecule has 0 spiro atoms. The monoisotopic (exact) mass is 384 g/mol. The zero-order valence-corrected chi connectivity index (χ0v) is 17.1. The molecule has 1 amide bonds. The Balaban J connectivity index is 2.00. The Morgan fingerprint density at radius 2 is 1.79 bits per heavy atom. The van der Waals surface area contributed by atoms with Gasteiger partial charge in [-0.1, -0.05) is 35.5 Å². The molecule has 2 aromatic carbocycles. The van der Waals surface area contributed by atoms with Crippen LogP contribution in [0.25, 0.3) is 0 Å². The molecule has 0 aliphatic carbocycles. The van der Waals surface area contributed by atoms with Crippen LogP contribution in [0.5, 0.6) is 11.5 Å². The van der Waals surface area contributed by atoms with Crippen molar-refractivity contribution in [3.63, 3.8) is 0 Å². The van der Waals surface area contributed by atoms with Gasteiger partial charge in [0.05, 0.1) is 20.4 Å². The highest BCUT2D eigenvalue weighted by Gasteiger charge is 2.26. The number of methoxy groups -OCH3 is 2. The lowest BCUT2D eigenvalue weighted by Gasteiger charge is -2.35. The number of ether oxygens (including phenoxy) is 2. The summed E-state index contributed by atoms with van der Waals surface area (Å²) in [7, 11) is 3.16. The average molecular weight is 384 g/mol. The van der Waals surface area contributed by atoms with Crippen molar-refractivity contribution in [1.82, 2.24) is 4.90 Å². The molecule has 6 nitrogen and oxygen atoms in total. The summed E-state index contributed by atoms with van der Waals surface area (Å²) in [5, 5.41) is 3.92. The van der Waals surface area contributed by atoms with E-state index in [2.05, 4.69) is 5.16 Å². The molecule has 0 fully saturated rings. The third-order valence-corrected chi connectivity index (χ3v) is 4.19. The van der Waals surface area contributed by atoms with E-state index in [1.54, 1.807) is 31.3 Å². The van der Waals surface area contributed by atoms with Crippen LogP contribution >= 0.6 is 0 Å². The lowest BCUT2D eigenvalue weighted by atomic mass is 10.0. The van der Waals surface area contributed by atoms with Gasteiger partial charge in [-0.3, -0.25) is 4.79 Å². The molecule has 0 aromatic heterocycles. The van der Waals surface area contributed by atoms with Crippen LogP contribution in [0.2, 0.25) is 0 Å². The summed E-state index contributed by atoms with van der Waals surface area (Å²) in [5.74, 6) is 1.17. The zero-order chi connectivity index (χ0) is 20.6. The SMILES string of the molecule is COc1ccc(/C=N/OCC(=O)N(Cc2ccccc2)C(C)(C)C)c(OC)c1. The van der Waals surface area contributed by atoms with E-state index in [1.807, 2.05) is 57.2 Å². The van der Waals surface area contributed by atoms with Gasteiger partial charge in [-0.15, -0.1) is 0 Å². The van der Waals surface area contributed by atoms with E-state index in [0.717, 1.165) is 11.1 Å². The van der Waals surface area contributed by atoms with Gasteiger partial charge in [0, 0.05) is 23.7 Å². The first-order valence-corrected chi connectivity index (χ1v) is 9.07. The molecule has 2 aromatic rings. The van der Waals surface area contributed by atoms with Gasteiger partial charge in [0.2, 0.25) is 0 Å². The van der Waals surface area contributed by atoms with Crippen molar-refractivity contribution in [2.24, 2.45) is 5.16 Å². The Morgan fingerprint density at radius 1 is 1.07 bits per heavy atom. The maximum absolute atomic E-state index is 12.7. The molecule has 0 atom stereocenters. The van der Waals surface area contributed by atoms with E-state index >= 15 is 0 Å².